The van der Waals surface area contributed by atoms with Gasteiger partial charge in [-0.15, -0.1) is 0 Å². The van der Waals surface area contributed by atoms with Crippen molar-refractivity contribution in [3.05, 3.63) is 12.2 Å². The van der Waals surface area contributed by atoms with Crippen LogP contribution in [0.2, 0.25) is 0 Å². The van der Waals surface area contributed by atoms with Crippen molar-refractivity contribution in [2.75, 3.05) is 59.5 Å². The number of hydrogen-bond donors (Lipinski definition) is 27. The third-order valence-electron chi connectivity index (χ3n) is 27.2. The van der Waals surface area contributed by atoms with Crippen LogP contribution in [0.25, 0.3) is 0 Å². The van der Waals surface area contributed by atoms with Gasteiger partial charge in [0.05, 0.1) is 71.6 Å². The van der Waals surface area contributed by atoms with Gasteiger partial charge >= 0.3 is 0 Å². The molecular formula is C94H167N5O43. The fourth-order valence-corrected chi connectivity index (χ4v) is 19.1. The van der Waals surface area contributed by atoms with E-state index in [4.69, 9.17) is 75.8 Å². The van der Waals surface area contributed by atoms with Crippen LogP contribution in [-0.4, -0.2) is 459 Å². The fourth-order valence-electron chi connectivity index (χ4n) is 19.1. The summed E-state index contributed by atoms with van der Waals surface area (Å²) in [6.07, 6.45) is -38.6. The monoisotopic (exact) mass is 2050 g/mol. The summed E-state index contributed by atoms with van der Waals surface area (Å²) >= 11 is 0. The summed E-state index contributed by atoms with van der Waals surface area (Å²) in [6.45, 7) is -0.541. The molecule has 48 nitrogen and oxygen atoms in total. The van der Waals surface area contributed by atoms with Crippen LogP contribution in [0.4, 0.5) is 0 Å². The second-order valence-corrected chi connectivity index (χ2v) is 38.5. The summed E-state index contributed by atoms with van der Waals surface area (Å²) < 4.78 is 96.7. The van der Waals surface area contributed by atoms with Gasteiger partial charge in [-0.3, -0.25) is 24.0 Å². The number of rotatable bonds is 62. The number of amides is 5. The van der Waals surface area contributed by atoms with E-state index < -0.39 is 347 Å². The molecule has 0 aromatic carbocycles. The summed E-state index contributed by atoms with van der Waals surface area (Å²) in [7, 11) is 0. The molecule has 0 aromatic heterocycles. The van der Waals surface area contributed by atoms with Crippen LogP contribution >= 0.6 is 0 Å². The second kappa shape index (κ2) is 63.7. The number of aliphatic hydroxyl groups is 22. The van der Waals surface area contributed by atoms with Crippen LogP contribution in [0, 0.1) is 0 Å². The molecule has 27 N–H and O–H groups in total. The first kappa shape index (κ1) is 123. The van der Waals surface area contributed by atoms with E-state index in [1.807, 2.05) is 0 Å². The Hall–Kier alpha value is -4.43. The molecular weight excluding hydrogens is 1890 g/mol. The van der Waals surface area contributed by atoms with Gasteiger partial charge in [0.15, 0.2) is 50.3 Å². The summed E-state index contributed by atoms with van der Waals surface area (Å²) in [6, 6.07) is -8.19. The molecule has 8 fully saturated rings. The Morgan fingerprint density at radius 2 is 0.570 bits per heavy atom. The van der Waals surface area contributed by atoms with Crippen LogP contribution in [0.3, 0.4) is 0 Å². The molecule has 0 aliphatic carbocycles. The van der Waals surface area contributed by atoms with Crippen LogP contribution < -0.4 is 26.6 Å². The Morgan fingerprint density at radius 3 is 0.986 bits per heavy atom. The van der Waals surface area contributed by atoms with Crippen molar-refractivity contribution in [3.63, 3.8) is 0 Å². The summed E-state index contributed by atoms with van der Waals surface area (Å²) in [4.78, 5) is 65.0. The molecule has 0 spiro atoms. The van der Waals surface area contributed by atoms with Crippen molar-refractivity contribution >= 4 is 29.5 Å². The van der Waals surface area contributed by atoms with Gasteiger partial charge in [-0.2, -0.15) is 0 Å². The van der Waals surface area contributed by atoms with Gasteiger partial charge < -0.3 is 215 Å². The number of carbonyl (C=O) groups excluding carboxylic acids is 5. The predicted molar refractivity (Wildman–Crippen MR) is 491 cm³/mol. The van der Waals surface area contributed by atoms with Crippen molar-refractivity contribution in [1.29, 1.82) is 0 Å². The van der Waals surface area contributed by atoms with E-state index in [1.165, 1.54) is 115 Å². The summed E-state index contributed by atoms with van der Waals surface area (Å²) in [5, 5.41) is 264. The Balaban J connectivity index is 1.03. The highest BCUT2D eigenvalue weighted by molar-refractivity contribution is 5.76. The van der Waals surface area contributed by atoms with Gasteiger partial charge in [-0.05, 0) is 19.3 Å². The zero-order valence-electron chi connectivity index (χ0n) is 82.4. The smallest absolute Gasteiger partial charge is 0.220 e. The largest absolute Gasteiger partial charge is 0.394 e. The Morgan fingerprint density at radius 1 is 0.282 bits per heavy atom. The number of ether oxygens (including phenoxy) is 16. The van der Waals surface area contributed by atoms with E-state index in [0.717, 1.165) is 91.9 Å². The minimum atomic E-state index is -2.47. The van der Waals surface area contributed by atoms with E-state index in [0.29, 0.717) is 12.8 Å². The Bertz CT molecular complexity index is 3570. The first-order valence-electron chi connectivity index (χ1n) is 51.0. The van der Waals surface area contributed by atoms with Crippen LogP contribution in [0.5, 0.6) is 0 Å². The van der Waals surface area contributed by atoms with E-state index >= 15 is 0 Å². The molecule has 5 amide bonds. The maximum absolute atomic E-state index is 13.8. The SMILES string of the molecule is CCCCCCCCCCCCC/C=C/[C@@H](O)[C@H](CO[C@@H]1OC(CO)[C@@H](O[C@@H]2OC(CO[C@@H]3OC(CO)[C@@H](O[C@@H]4OC(CO)[C@H](O[C@@H]5OC(CO)[C@H](O)[C@H](O)C5NC(C)=O)[C@H](O)C4O)[C@H](O)C3NC(C)=O)[C@H](O)[C@H](O[C@H]3OC(CO)[C@H](O)[C@H](O[C@@H]4OC(CO)[C@H](O)[C@H](O[C@H]5OC(CO)[C@H](O)[C@H](O)C5NC(C)=O)C4NC(C)=O)C3O)C2O)[C@H](O)C1O)NC(=O)CCCCCCCCCCCCCCCCCCC. The molecule has 0 bridgehead atoms. The number of aliphatic hydroxyl groups excluding tert-OH is 22. The maximum atomic E-state index is 13.8. The number of hydrogen-bond acceptors (Lipinski definition) is 43. The third-order valence-corrected chi connectivity index (χ3v) is 27.2. The quantitative estimate of drug-likeness (QED) is 0.0199. The molecule has 8 heterocycles. The Labute approximate surface area is 828 Å². The van der Waals surface area contributed by atoms with Gasteiger partial charge in [0.25, 0.3) is 0 Å². The van der Waals surface area contributed by atoms with Gasteiger partial charge in [-0.1, -0.05) is 193 Å². The van der Waals surface area contributed by atoms with Crippen molar-refractivity contribution in [1.82, 2.24) is 26.6 Å². The highest BCUT2D eigenvalue weighted by Gasteiger charge is 2.61. The van der Waals surface area contributed by atoms with Crippen molar-refractivity contribution in [2.45, 2.75) is 492 Å². The van der Waals surface area contributed by atoms with E-state index in [9.17, 15) is 136 Å². The molecule has 16 unspecified atom stereocenters. The normalized spacial score (nSPS) is 38.3. The lowest BCUT2D eigenvalue weighted by molar-refractivity contribution is -0.392. The lowest BCUT2D eigenvalue weighted by atomic mass is 9.93. The summed E-state index contributed by atoms with van der Waals surface area (Å²) in [5.74, 6) is -3.79. The number of allylic oxidation sites excluding steroid dienone is 1. The van der Waals surface area contributed by atoms with Gasteiger partial charge in [0, 0.05) is 34.1 Å². The zero-order valence-corrected chi connectivity index (χ0v) is 82.4. The van der Waals surface area contributed by atoms with E-state index in [-0.39, 0.29) is 6.42 Å². The molecule has 8 aliphatic heterocycles. The van der Waals surface area contributed by atoms with E-state index in [2.05, 4.69) is 40.4 Å². The minimum absolute atomic E-state index is 0.101. The van der Waals surface area contributed by atoms with Crippen LogP contribution in [0.15, 0.2) is 12.2 Å². The Kier molecular flexibility index (Phi) is 55.0. The minimum Gasteiger partial charge on any atom is -0.394 e. The molecule has 142 heavy (non-hydrogen) atoms. The molecule has 0 saturated carbocycles. The van der Waals surface area contributed by atoms with Crippen molar-refractivity contribution < 1.29 is 212 Å². The standard InChI is InChI=1S/C94H167N5O43/c1-7-9-11-13-15-17-19-21-22-23-24-26-28-30-32-34-36-38-62(112)99-52(53(111)37-35-33-31-29-27-25-20-18-16-14-12-10-8-2)46-127-91-77(123)75(121)83(59(44-105)134-91)139-94-80(126)86(142-93-79(125)85(70(116)57(42-103)132-93)141-90-66(98-51(6)110)84(69(115)56(41-102)131-90)140-89-64(96-49(4)108)73(119)68(114)55(40-101)130-89)71(117)61(136-94)47-128-87-65(97-50(5)109)74(120)81(58(43-104)133-87)138-92-78(124)76(122)82(60(45-106)135-92)137-88-63(95-48(3)107)72(118)67(113)54(39-100)129-88/h35,37,52-61,63-94,100-106,111,113-126H,7-34,36,38-47H2,1-6H3,(H,95,107)(H,96,108)(H,97,109)(H,98,110)(H,99,112)/b37-35+/t52-,53+,54?,55?,56?,57?,58?,59?,60?,61?,63?,64?,65?,66?,67-,68-,69-,70-,71-,72+,73+,74+,75+,76+,77?,78?,79?,80?,81+,82-,83+,84+,85-,86-,87+,88-,89+,90-,91+,92-,93+,94-/m0/s1. The molecule has 826 valence electrons. The molecule has 8 aliphatic rings. The second-order valence-electron chi connectivity index (χ2n) is 38.5. The fraction of sp³-hybridized carbons (Fsp3) is 0.926. The first-order chi connectivity index (χ1) is 68.0. The van der Waals surface area contributed by atoms with Gasteiger partial charge in [0.1, 0.15) is 195 Å². The van der Waals surface area contributed by atoms with Crippen molar-refractivity contribution in [3.8, 4) is 0 Å². The molecule has 8 saturated heterocycles. The molecule has 8 rings (SSSR count). The zero-order chi connectivity index (χ0) is 104. The van der Waals surface area contributed by atoms with Crippen LogP contribution in [-0.2, 0) is 99.8 Å². The number of unbranched alkanes of at least 4 members (excludes halogenated alkanes) is 27. The highest BCUT2D eigenvalue weighted by Crippen LogP contribution is 2.40. The highest BCUT2D eigenvalue weighted by atomic mass is 16.8. The van der Waals surface area contributed by atoms with Gasteiger partial charge in [0.2, 0.25) is 29.5 Å². The molecule has 42 atom stereocenters. The molecule has 0 aromatic rings. The molecule has 0 radical (unpaired) electrons. The first-order valence-corrected chi connectivity index (χ1v) is 51.0. The van der Waals surface area contributed by atoms with Gasteiger partial charge in [-0.25, -0.2) is 0 Å². The average molecular weight is 2060 g/mol. The van der Waals surface area contributed by atoms with E-state index in [1.54, 1.807) is 6.08 Å². The number of nitrogens with one attached hydrogen (secondary N) is 5. The van der Waals surface area contributed by atoms with Crippen molar-refractivity contribution in [2.24, 2.45) is 0 Å². The topological polar surface area (TPSA) is 738 Å². The van der Waals surface area contributed by atoms with Crippen LogP contribution in [0.1, 0.15) is 234 Å². The lowest BCUT2D eigenvalue weighted by Crippen LogP contribution is -2.71. The number of carbonyl (C=O) groups is 5. The maximum Gasteiger partial charge on any atom is 0.220 e. The lowest BCUT2D eigenvalue weighted by Gasteiger charge is -2.51. The third kappa shape index (κ3) is 35.9. The summed E-state index contributed by atoms with van der Waals surface area (Å²) in [5.41, 5.74) is 0. The molecule has 48 heteroatoms. The average Bonchev–Trinajstić information content (AvgIpc) is 0.746. The predicted octanol–water partition coefficient (Wildman–Crippen LogP) is -5.71.